The van der Waals surface area contributed by atoms with Crippen LogP contribution in [0.4, 0.5) is 10.1 Å². The van der Waals surface area contributed by atoms with Gasteiger partial charge in [0.2, 0.25) is 11.8 Å². The van der Waals surface area contributed by atoms with E-state index >= 15 is 0 Å². The maximum atomic E-state index is 13.5. The molecule has 6 heteroatoms. The van der Waals surface area contributed by atoms with Crippen LogP contribution in [0.25, 0.3) is 0 Å². The molecule has 0 aliphatic carbocycles. The fraction of sp³-hybridized carbons (Fsp3) is 0.222. The topological polar surface area (TPSA) is 58.2 Å². The van der Waals surface area contributed by atoms with Crippen molar-refractivity contribution in [1.29, 1.82) is 0 Å². The first-order chi connectivity index (χ1) is 11.6. The van der Waals surface area contributed by atoms with E-state index in [1.165, 1.54) is 17.8 Å². The Bertz CT molecular complexity index is 779. The molecule has 0 saturated heterocycles. The fourth-order valence-corrected chi connectivity index (χ4v) is 3.31. The molecule has 0 aromatic heterocycles. The predicted octanol–water partition coefficient (Wildman–Crippen LogP) is 2.77. The van der Waals surface area contributed by atoms with Gasteiger partial charge in [0, 0.05) is 11.4 Å². The minimum atomic E-state index is -0.255. The number of thioether (sulfide) groups is 1. The maximum absolute atomic E-state index is 13.5. The number of halogens is 1. The van der Waals surface area contributed by atoms with E-state index in [2.05, 4.69) is 10.6 Å². The molecule has 0 unspecified atom stereocenters. The zero-order chi connectivity index (χ0) is 16.9. The van der Waals surface area contributed by atoms with Gasteiger partial charge >= 0.3 is 0 Å². The smallest absolute Gasteiger partial charge is 0.234 e. The number of carbonyl (C=O) groups is 2. The first-order valence-corrected chi connectivity index (χ1v) is 8.66. The van der Waals surface area contributed by atoms with E-state index < -0.39 is 0 Å². The van der Waals surface area contributed by atoms with Gasteiger partial charge in [0.05, 0.1) is 17.9 Å². The first kappa shape index (κ1) is 16.5. The number of fused-ring (bicyclic) bond motifs is 1. The van der Waals surface area contributed by atoms with Gasteiger partial charge in [-0.1, -0.05) is 24.3 Å². The lowest BCUT2D eigenvalue weighted by atomic mass is 10.1. The third kappa shape index (κ3) is 4.14. The molecule has 0 saturated carbocycles. The Kier molecular flexibility index (Phi) is 5.15. The predicted molar refractivity (Wildman–Crippen MR) is 92.6 cm³/mol. The Labute approximate surface area is 143 Å². The van der Waals surface area contributed by atoms with Crippen molar-refractivity contribution < 1.29 is 14.0 Å². The van der Waals surface area contributed by atoms with Gasteiger partial charge < -0.3 is 10.6 Å². The van der Waals surface area contributed by atoms with E-state index in [0.717, 1.165) is 16.1 Å². The van der Waals surface area contributed by atoms with Crippen LogP contribution in [-0.4, -0.2) is 24.1 Å². The normalized spacial score (nSPS) is 13.1. The molecule has 0 radical (unpaired) electrons. The molecule has 2 aromatic rings. The molecular weight excluding hydrogens is 327 g/mol. The van der Waals surface area contributed by atoms with Crippen LogP contribution in [0.5, 0.6) is 0 Å². The van der Waals surface area contributed by atoms with Crippen LogP contribution in [0, 0.1) is 5.82 Å². The Hall–Kier alpha value is -2.34. The quantitative estimate of drug-likeness (QED) is 0.877. The highest BCUT2D eigenvalue weighted by Crippen LogP contribution is 2.32. The molecule has 3 rings (SSSR count). The highest BCUT2D eigenvalue weighted by Gasteiger charge is 2.16. The van der Waals surface area contributed by atoms with E-state index in [9.17, 15) is 14.0 Å². The van der Waals surface area contributed by atoms with Crippen LogP contribution in [0.3, 0.4) is 0 Å². The third-order valence-electron chi connectivity index (χ3n) is 3.72. The van der Waals surface area contributed by atoms with E-state index in [1.54, 1.807) is 18.2 Å². The second-order valence-corrected chi connectivity index (χ2v) is 6.55. The van der Waals surface area contributed by atoms with Gasteiger partial charge in [-0.25, -0.2) is 4.39 Å². The zero-order valence-corrected chi connectivity index (χ0v) is 13.8. The second kappa shape index (κ2) is 7.49. The van der Waals surface area contributed by atoms with Gasteiger partial charge in [-0.2, -0.15) is 0 Å². The molecule has 1 aliphatic rings. The van der Waals surface area contributed by atoms with Gasteiger partial charge in [0.1, 0.15) is 5.82 Å². The number of hydrogen-bond donors (Lipinski definition) is 2. The fourth-order valence-electron chi connectivity index (χ4n) is 2.53. The summed E-state index contributed by atoms with van der Waals surface area (Å²) in [4.78, 5) is 24.5. The van der Waals surface area contributed by atoms with E-state index in [0.29, 0.717) is 24.3 Å². The SMILES string of the molecule is O=C(Cc1ccc2c(c1)NC(=O)CS2)NCCc1ccccc1F. The molecule has 1 heterocycles. The van der Waals surface area contributed by atoms with Gasteiger partial charge in [-0.15, -0.1) is 11.8 Å². The third-order valence-corrected chi connectivity index (χ3v) is 4.79. The van der Waals surface area contributed by atoms with Crippen molar-refractivity contribution in [2.45, 2.75) is 17.7 Å². The summed E-state index contributed by atoms with van der Waals surface area (Å²) in [5.41, 5.74) is 2.18. The van der Waals surface area contributed by atoms with E-state index in [1.807, 2.05) is 18.2 Å². The Balaban J connectivity index is 1.53. The average Bonchev–Trinajstić information content (AvgIpc) is 2.56. The first-order valence-electron chi connectivity index (χ1n) is 7.67. The molecule has 2 N–H and O–H groups in total. The van der Waals surface area contributed by atoms with Crippen molar-refractivity contribution >= 4 is 29.3 Å². The molecule has 0 fully saturated rings. The van der Waals surface area contributed by atoms with Crippen molar-refractivity contribution in [3.63, 3.8) is 0 Å². The lowest BCUT2D eigenvalue weighted by Gasteiger charge is -2.17. The number of carbonyl (C=O) groups excluding carboxylic acids is 2. The minimum Gasteiger partial charge on any atom is -0.355 e. The highest BCUT2D eigenvalue weighted by molar-refractivity contribution is 8.00. The molecule has 124 valence electrons. The lowest BCUT2D eigenvalue weighted by molar-refractivity contribution is -0.120. The van der Waals surface area contributed by atoms with Crippen molar-refractivity contribution in [3.05, 3.63) is 59.4 Å². The monoisotopic (exact) mass is 344 g/mol. The molecular formula is C18H17FN2O2S. The summed E-state index contributed by atoms with van der Waals surface area (Å²) in [7, 11) is 0. The summed E-state index contributed by atoms with van der Waals surface area (Å²) >= 11 is 1.49. The second-order valence-electron chi connectivity index (χ2n) is 5.54. The number of hydrogen-bond acceptors (Lipinski definition) is 3. The van der Waals surface area contributed by atoms with Crippen molar-refractivity contribution in [3.8, 4) is 0 Å². The van der Waals surface area contributed by atoms with Crippen LogP contribution in [-0.2, 0) is 22.4 Å². The summed E-state index contributed by atoms with van der Waals surface area (Å²) in [6.07, 6.45) is 0.681. The summed E-state index contributed by atoms with van der Waals surface area (Å²) in [5.74, 6) is 0.0119. The number of amides is 2. The zero-order valence-electron chi connectivity index (χ0n) is 13.0. The molecule has 0 spiro atoms. The van der Waals surface area contributed by atoms with Gasteiger partial charge in [-0.3, -0.25) is 9.59 Å². The van der Waals surface area contributed by atoms with Crippen LogP contribution in [0.1, 0.15) is 11.1 Å². The molecule has 2 amide bonds. The Morgan fingerprint density at radius 2 is 2.08 bits per heavy atom. The van der Waals surface area contributed by atoms with Crippen LogP contribution >= 0.6 is 11.8 Å². The summed E-state index contributed by atoms with van der Waals surface area (Å²) < 4.78 is 13.5. The highest BCUT2D eigenvalue weighted by atomic mass is 32.2. The number of anilines is 1. The molecule has 0 atom stereocenters. The Morgan fingerprint density at radius 1 is 1.25 bits per heavy atom. The minimum absolute atomic E-state index is 0.0287. The summed E-state index contributed by atoms with van der Waals surface area (Å²) in [6, 6.07) is 12.2. The number of rotatable bonds is 5. The molecule has 4 nitrogen and oxygen atoms in total. The molecule has 1 aliphatic heterocycles. The van der Waals surface area contributed by atoms with Crippen LogP contribution in [0.15, 0.2) is 47.4 Å². The summed E-state index contributed by atoms with van der Waals surface area (Å²) in [6.45, 7) is 0.386. The standard InChI is InChI=1S/C18H17FN2O2S/c19-14-4-2-1-3-13(14)7-8-20-17(22)10-12-5-6-16-15(9-12)21-18(23)11-24-16/h1-6,9H,7-8,10-11H2,(H,20,22)(H,21,23). The Morgan fingerprint density at radius 3 is 2.92 bits per heavy atom. The number of nitrogens with one attached hydrogen (secondary N) is 2. The maximum Gasteiger partial charge on any atom is 0.234 e. The average molecular weight is 344 g/mol. The van der Waals surface area contributed by atoms with E-state index in [-0.39, 0.29) is 24.1 Å². The van der Waals surface area contributed by atoms with Crippen molar-refractivity contribution in [2.24, 2.45) is 0 Å². The van der Waals surface area contributed by atoms with Crippen molar-refractivity contribution in [1.82, 2.24) is 5.32 Å². The molecule has 0 bridgehead atoms. The summed E-state index contributed by atoms with van der Waals surface area (Å²) in [5, 5.41) is 5.61. The lowest BCUT2D eigenvalue weighted by Crippen LogP contribution is -2.27. The van der Waals surface area contributed by atoms with Crippen LogP contribution in [0.2, 0.25) is 0 Å². The van der Waals surface area contributed by atoms with Gasteiger partial charge in [0.25, 0.3) is 0 Å². The van der Waals surface area contributed by atoms with Crippen LogP contribution < -0.4 is 10.6 Å². The molecule has 24 heavy (non-hydrogen) atoms. The van der Waals surface area contributed by atoms with Gasteiger partial charge in [-0.05, 0) is 35.7 Å². The largest absolute Gasteiger partial charge is 0.355 e. The van der Waals surface area contributed by atoms with Gasteiger partial charge in [0.15, 0.2) is 0 Å². The number of benzene rings is 2. The van der Waals surface area contributed by atoms with Crippen molar-refractivity contribution in [2.75, 3.05) is 17.6 Å². The molecule has 2 aromatic carbocycles. The van der Waals surface area contributed by atoms with E-state index in [4.69, 9.17) is 0 Å².